The molecule has 0 amide bonds. The molecule has 2 nitrogen and oxygen atoms in total. The van der Waals surface area contributed by atoms with Crippen LogP contribution < -0.4 is 11.5 Å². The highest BCUT2D eigenvalue weighted by molar-refractivity contribution is 5.58. The minimum Gasteiger partial charge on any atom is -0.399 e. The SMILES string of the molecule is Cc1ccc(C(c2ccc(C)c(N)c2)(C(F)(F)F)C(F)(F)F)cc1N.FC(F)(F)CC(F)(F)F. The average molecular weight is 514 g/mol. The Balaban J connectivity index is 0.000000546. The van der Waals surface area contributed by atoms with Gasteiger partial charge in [0.2, 0.25) is 5.41 Å². The lowest BCUT2D eigenvalue weighted by atomic mass is 9.72. The van der Waals surface area contributed by atoms with Gasteiger partial charge in [0.1, 0.15) is 6.42 Å². The topological polar surface area (TPSA) is 52.0 Å². The van der Waals surface area contributed by atoms with Crippen LogP contribution in [0.2, 0.25) is 0 Å². The Morgan fingerprint density at radius 1 is 0.559 bits per heavy atom. The van der Waals surface area contributed by atoms with Crippen LogP contribution >= 0.6 is 0 Å². The van der Waals surface area contributed by atoms with Gasteiger partial charge in [0.05, 0.1) is 0 Å². The van der Waals surface area contributed by atoms with Gasteiger partial charge in [0.25, 0.3) is 0 Å². The van der Waals surface area contributed by atoms with Crippen molar-refractivity contribution in [2.24, 2.45) is 0 Å². The van der Waals surface area contributed by atoms with Gasteiger partial charge >= 0.3 is 24.7 Å². The fourth-order valence-electron chi connectivity index (χ4n) is 2.96. The van der Waals surface area contributed by atoms with Crippen LogP contribution in [0.3, 0.4) is 0 Å². The number of hydrogen-bond donors (Lipinski definition) is 2. The number of aryl methyl sites for hydroxylation is 2. The molecule has 0 bridgehead atoms. The Hall–Kier alpha value is -2.80. The van der Waals surface area contributed by atoms with Gasteiger partial charge in [-0.1, -0.05) is 24.3 Å². The van der Waals surface area contributed by atoms with E-state index >= 15 is 0 Å². The van der Waals surface area contributed by atoms with E-state index in [2.05, 4.69) is 0 Å². The van der Waals surface area contributed by atoms with E-state index in [-0.39, 0.29) is 11.4 Å². The molecule has 4 N–H and O–H groups in total. The standard InChI is InChI=1S/C17H16F6N2.C3H2F6/c1-9-3-5-11(7-13(9)24)15(16(18,19)20,17(21,22)23)12-6-4-10(2)14(25)8-12;4-2(5,6)1-3(7,8)9/h3-8H,24-25H2,1-2H3;1H2. The van der Waals surface area contributed by atoms with Crippen LogP contribution in [-0.4, -0.2) is 24.7 Å². The summed E-state index contributed by atoms with van der Waals surface area (Å²) in [4.78, 5) is 0. The molecule has 0 aliphatic rings. The van der Waals surface area contributed by atoms with Gasteiger partial charge in [-0.25, -0.2) is 0 Å². The minimum absolute atomic E-state index is 0.157. The van der Waals surface area contributed by atoms with Crippen LogP contribution in [0.15, 0.2) is 36.4 Å². The van der Waals surface area contributed by atoms with Crippen LogP contribution in [-0.2, 0) is 5.41 Å². The lowest BCUT2D eigenvalue weighted by Crippen LogP contribution is -2.54. The number of nitrogens with two attached hydrogens (primary N) is 2. The summed E-state index contributed by atoms with van der Waals surface area (Å²) in [7, 11) is 0. The molecule has 2 aromatic rings. The maximum absolute atomic E-state index is 13.9. The number of nitrogen functional groups attached to an aromatic ring is 2. The zero-order chi connectivity index (χ0) is 26.9. The molecule has 0 atom stereocenters. The summed E-state index contributed by atoms with van der Waals surface area (Å²) in [5, 5.41) is 0. The molecular weight excluding hydrogens is 496 g/mol. The Bertz CT molecular complexity index is 906. The van der Waals surface area contributed by atoms with Crippen molar-refractivity contribution < 1.29 is 52.7 Å². The second-order valence-corrected chi connectivity index (χ2v) is 7.30. The van der Waals surface area contributed by atoms with Gasteiger partial charge < -0.3 is 11.5 Å². The third-order valence-electron chi connectivity index (χ3n) is 4.68. The highest BCUT2D eigenvalue weighted by Gasteiger charge is 2.72. The molecule has 2 rings (SSSR count). The quantitative estimate of drug-likeness (QED) is 0.325. The summed E-state index contributed by atoms with van der Waals surface area (Å²) >= 11 is 0. The third kappa shape index (κ3) is 6.63. The van der Waals surface area contributed by atoms with Crippen molar-refractivity contribution in [3.05, 3.63) is 58.7 Å². The Morgan fingerprint density at radius 2 is 0.853 bits per heavy atom. The molecule has 0 saturated carbocycles. The van der Waals surface area contributed by atoms with Crippen LogP contribution in [0.4, 0.5) is 64.1 Å². The average Bonchev–Trinajstić information content (AvgIpc) is 2.56. The molecule has 0 fully saturated rings. The first-order chi connectivity index (χ1) is 15.0. The first-order valence-electron chi connectivity index (χ1n) is 9.03. The third-order valence-corrected chi connectivity index (χ3v) is 4.68. The summed E-state index contributed by atoms with van der Waals surface area (Å²) in [6, 6.07) is 5.28. The first-order valence-corrected chi connectivity index (χ1v) is 9.03. The monoisotopic (exact) mass is 514 g/mol. The highest BCUT2D eigenvalue weighted by atomic mass is 19.4. The lowest BCUT2D eigenvalue weighted by molar-refractivity contribution is -0.288. The van der Waals surface area contributed by atoms with E-state index in [4.69, 9.17) is 11.5 Å². The molecule has 0 radical (unpaired) electrons. The fourth-order valence-corrected chi connectivity index (χ4v) is 2.96. The van der Waals surface area contributed by atoms with Gasteiger partial charge in [-0.05, 0) is 48.2 Å². The molecule has 0 unspecified atom stereocenters. The number of anilines is 2. The number of alkyl halides is 12. The molecule has 2 aromatic carbocycles. The van der Waals surface area contributed by atoms with Crippen LogP contribution in [0.1, 0.15) is 28.7 Å². The molecule has 34 heavy (non-hydrogen) atoms. The highest BCUT2D eigenvalue weighted by Crippen LogP contribution is 2.56. The fraction of sp³-hybridized carbons (Fsp3) is 0.400. The molecular formula is C20H18F12N2. The summed E-state index contributed by atoms with van der Waals surface area (Å²) in [6.07, 6.45) is -24.3. The van der Waals surface area contributed by atoms with Gasteiger partial charge in [-0.2, -0.15) is 52.7 Å². The van der Waals surface area contributed by atoms with Gasteiger partial charge in [0, 0.05) is 11.4 Å². The smallest absolute Gasteiger partial charge is 0.399 e. The number of halogens is 12. The minimum atomic E-state index is -5.66. The molecule has 0 aromatic heterocycles. The largest absolute Gasteiger partial charge is 0.411 e. The Labute approximate surface area is 185 Å². The Kier molecular flexibility index (Phi) is 8.12. The van der Waals surface area contributed by atoms with Crippen LogP contribution in [0, 0.1) is 13.8 Å². The predicted molar refractivity (Wildman–Crippen MR) is 101 cm³/mol. The van der Waals surface area contributed by atoms with E-state index in [9.17, 15) is 52.7 Å². The second-order valence-electron chi connectivity index (χ2n) is 7.30. The van der Waals surface area contributed by atoms with Crippen molar-refractivity contribution in [3.63, 3.8) is 0 Å². The van der Waals surface area contributed by atoms with Crippen LogP contribution in [0.5, 0.6) is 0 Å². The van der Waals surface area contributed by atoms with Crippen molar-refractivity contribution in [2.75, 3.05) is 11.5 Å². The van der Waals surface area contributed by atoms with Crippen LogP contribution in [0.25, 0.3) is 0 Å². The molecule has 0 spiro atoms. The normalized spacial score (nSPS) is 13.4. The summed E-state index contributed by atoms with van der Waals surface area (Å²) in [5.41, 5.74) is 5.36. The summed E-state index contributed by atoms with van der Waals surface area (Å²) in [5.74, 6) is 0. The molecule has 192 valence electrons. The number of benzene rings is 2. The van der Waals surface area contributed by atoms with E-state index in [1.54, 1.807) is 0 Å². The van der Waals surface area contributed by atoms with E-state index in [0.717, 1.165) is 24.3 Å². The van der Waals surface area contributed by atoms with E-state index in [1.165, 1.54) is 13.8 Å². The maximum Gasteiger partial charge on any atom is 0.411 e. The van der Waals surface area contributed by atoms with Gasteiger partial charge in [0.15, 0.2) is 0 Å². The van der Waals surface area contributed by atoms with E-state index in [1.807, 2.05) is 0 Å². The lowest BCUT2D eigenvalue weighted by Gasteiger charge is -2.38. The second kappa shape index (κ2) is 9.45. The van der Waals surface area contributed by atoms with Crippen molar-refractivity contribution in [2.45, 2.75) is 50.4 Å². The maximum atomic E-state index is 13.9. The number of hydrogen-bond acceptors (Lipinski definition) is 2. The van der Waals surface area contributed by atoms with Crippen molar-refractivity contribution in [3.8, 4) is 0 Å². The molecule has 0 aliphatic carbocycles. The molecule has 0 saturated heterocycles. The summed E-state index contributed by atoms with van der Waals surface area (Å²) in [6.45, 7) is 2.98. The summed E-state index contributed by atoms with van der Waals surface area (Å²) < 4.78 is 148. The Morgan fingerprint density at radius 3 is 1.03 bits per heavy atom. The first kappa shape index (κ1) is 29.2. The van der Waals surface area contributed by atoms with Gasteiger partial charge in [-0.15, -0.1) is 0 Å². The van der Waals surface area contributed by atoms with Gasteiger partial charge in [-0.3, -0.25) is 0 Å². The molecule has 0 aliphatic heterocycles. The van der Waals surface area contributed by atoms with E-state index in [0.29, 0.717) is 23.3 Å². The van der Waals surface area contributed by atoms with E-state index < -0.39 is 47.7 Å². The predicted octanol–water partition coefficient (Wildman–Crippen LogP) is 7.38. The molecule has 14 heteroatoms. The van der Waals surface area contributed by atoms with Crippen molar-refractivity contribution >= 4 is 11.4 Å². The number of rotatable bonds is 2. The van der Waals surface area contributed by atoms with Crippen molar-refractivity contribution in [1.82, 2.24) is 0 Å². The van der Waals surface area contributed by atoms with Crippen molar-refractivity contribution in [1.29, 1.82) is 0 Å². The zero-order valence-electron chi connectivity index (χ0n) is 17.4. The zero-order valence-corrected chi connectivity index (χ0v) is 17.4. The molecule has 0 heterocycles.